The summed E-state index contributed by atoms with van der Waals surface area (Å²) in [7, 11) is 0. The number of thiocarbonyl (C=S) groups is 1. The lowest BCUT2D eigenvalue weighted by atomic mass is 10.0. The molecule has 1 aliphatic rings. The third-order valence-electron chi connectivity index (χ3n) is 4.02. The lowest BCUT2D eigenvalue weighted by Gasteiger charge is -2.19. The van der Waals surface area contributed by atoms with Crippen molar-refractivity contribution in [3.63, 3.8) is 0 Å². The van der Waals surface area contributed by atoms with Gasteiger partial charge in [-0.3, -0.25) is 14.5 Å². The van der Waals surface area contributed by atoms with Crippen LogP contribution in [0.25, 0.3) is 6.08 Å². The molecule has 8 heteroatoms. The van der Waals surface area contributed by atoms with E-state index in [2.05, 4.69) is 5.32 Å². The second-order valence-electron chi connectivity index (χ2n) is 6.50. The molecule has 0 bridgehead atoms. The Bertz CT molecular complexity index is 819. The highest BCUT2D eigenvalue weighted by atomic mass is 32.2. The van der Waals surface area contributed by atoms with Gasteiger partial charge in [-0.2, -0.15) is 0 Å². The molecule has 1 saturated heterocycles. The van der Waals surface area contributed by atoms with Gasteiger partial charge in [-0.25, -0.2) is 4.79 Å². The lowest BCUT2D eigenvalue weighted by molar-refractivity contribution is -0.143. The molecule has 2 N–H and O–H groups in total. The summed E-state index contributed by atoms with van der Waals surface area (Å²) in [6.07, 6.45) is 5.36. The van der Waals surface area contributed by atoms with E-state index in [0.717, 1.165) is 5.56 Å². The Morgan fingerprint density at radius 3 is 2.57 bits per heavy atom. The van der Waals surface area contributed by atoms with Crippen molar-refractivity contribution in [2.45, 2.75) is 26.3 Å². The highest BCUT2D eigenvalue weighted by Crippen LogP contribution is 2.31. The van der Waals surface area contributed by atoms with Gasteiger partial charge in [-0.15, -0.1) is 0 Å². The van der Waals surface area contributed by atoms with Crippen LogP contribution in [0.1, 0.15) is 25.8 Å². The zero-order valence-electron chi connectivity index (χ0n) is 15.6. The molecule has 1 fully saturated rings. The summed E-state index contributed by atoms with van der Waals surface area (Å²) >= 11 is 6.42. The van der Waals surface area contributed by atoms with Crippen molar-refractivity contribution in [2.75, 3.05) is 6.54 Å². The smallest absolute Gasteiger partial charge is 0.326 e. The quantitative estimate of drug-likeness (QED) is 0.498. The van der Waals surface area contributed by atoms with Crippen LogP contribution in [0.3, 0.4) is 0 Å². The number of carboxylic acid groups (broad SMARTS) is 1. The van der Waals surface area contributed by atoms with E-state index in [-0.39, 0.29) is 24.8 Å². The maximum atomic E-state index is 12.5. The molecule has 0 aromatic heterocycles. The maximum Gasteiger partial charge on any atom is 0.326 e. The number of carbonyl (C=O) groups excluding carboxylic acids is 2. The third-order valence-corrected chi connectivity index (χ3v) is 5.42. The van der Waals surface area contributed by atoms with E-state index in [9.17, 15) is 14.4 Å². The first-order chi connectivity index (χ1) is 13.3. The predicted molar refractivity (Wildman–Crippen MR) is 114 cm³/mol. The van der Waals surface area contributed by atoms with E-state index < -0.39 is 17.9 Å². The van der Waals surface area contributed by atoms with Crippen LogP contribution in [0.4, 0.5) is 0 Å². The second kappa shape index (κ2) is 10.2. The number of carbonyl (C=O) groups is 3. The number of carboxylic acids is 1. The standard InChI is InChI=1S/C20H22N2O4S2/c1-13(2)17(19(25)26)21-16(23)11-12-22-18(24)15(28-20(22)27)10-6-9-14-7-4-3-5-8-14/h3-10,13,17H,11-12H2,1-2H3,(H,21,23)(H,25,26)/b9-6+,15-10+/t17-/m1/s1. The summed E-state index contributed by atoms with van der Waals surface area (Å²) in [6, 6.07) is 8.74. The first kappa shape index (κ1) is 21.8. The Kier molecular flexibility index (Phi) is 7.95. The van der Waals surface area contributed by atoms with Gasteiger partial charge in [0.05, 0.1) is 4.91 Å². The van der Waals surface area contributed by atoms with Gasteiger partial charge >= 0.3 is 5.97 Å². The molecule has 2 rings (SSSR count). The van der Waals surface area contributed by atoms with Gasteiger partial charge in [0.1, 0.15) is 10.4 Å². The van der Waals surface area contributed by atoms with Crippen LogP contribution < -0.4 is 5.32 Å². The summed E-state index contributed by atoms with van der Waals surface area (Å²) in [5.74, 6) is -2.00. The number of nitrogens with zero attached hydrogens (tertiary/aromatic N) is 1. The van der Waals surface area contributed by atoms with E-state index in [1.54, 1.807) is 26.0 Å². The van der Waals surface area contributed by atoms with E-state index in [0.29, 0.717) is 9.23 Å². The Morgan fingerprint density at radius 2 is 1.96 bits per heavy atom. The molecular formula is C20H22N2O4S2. The molecule has 1 atom stereocenters. The minimum Gasteiger partial charge on any atom is -0.480 e. The van der Waals surface area contributed by atoms with Crippen LogP contribution in [0.2, 0.25) is 0 Å². The number of hydrogen-bond donors (Lipinski definition) is 2. The number of thioether (sulfide) groups is 1. The Morgan fingerprint density at radius 1 is 1.29 bits per heavy atom. The summed E-state index contributed by atoms with van der Waals surface area (Å²) in [5, 5.41) is 11.6. The first-order valence-corrected chi connectivity index (χ1v) is 10.0. The Hall–Kier alpha value is -2.45. The van der Waals surface area contributed by atoms with Crippen molar-refractivity contribution in [2.24, 2.45) is 5.92 Å². The van der Waals surface area contributed by atoms with Crippen molar-refractivity contribution in [3.05, 3.63) is 53.0 Å². The second-order valence-corrected chi connectivity index (χ2v) is 8.18. The summed E-state index contributed by atoms with van der Waals surface area (Å²) in [6.45, 7) is 3.55. The predicted octanol–water partition coefficient (Wildman–Crippen LogP) is 3.06. The largest absolute Gasteiger partial charge is 0.480 e. The molecule has 2 amide bonds. The molecule has 1 aliphatic heterocycles. The van der Waals surface area contributed by atoms with Crippen molar-refractivity contribution < 1.29 is 19.5 Å². The van der Waals surface area contributed by atoms with E-state index in [1.165, 1.54) is 16.7 Å². The number of amides is 2. The number of rotatable bonds is 8. The SMILES string of the molecule is CC(C)[C@@H](NC(=O)CCN1C(=O)/C(=C\C=C\c2ccccc2)SC1=S)C(=O)O. The van der Waals surface area contributed by atoms with Gasteiger partial charge in [0.25, 0.3) is 5.91 Å². The normalized spacial score (nSPS) is 17.0. The van der Waals surface area contributed by atoms with Crippen LogP contribution in [0.5, 0.6) is 0 Å². The van der Waals surface area contributed by atoms with Crippen molar-refractivity contribution >= 4 is 52.2 Å². The molecule has 0 aliphatic carbocycles. The third kappa shape index (κ3) is 6.03. The molecule has 1 heterocycles. The molecule has 0 unspecified atom stereocenters. The Labute approximate surface area is 173 Å². The first-order valence-electron chi connectivity index (χ1n) is 8.79. The average Bonchev–Trinajstić information content (AvgIpc) is 2.91. The van der Waals surface area contributed by atoms with Crippen LogP contribution in [0, 0.1) is 5.92 Å². The lowest BCUT2D eigenvalue weighted by Crippen LogP contribution is -2.45. The highest BCUT2D eigenvalue weighted by molar-refractivity contribution is 8.26. The van der Waals surface area contributed by atoms with Crippen molar-refractivity contribution in [3.8, 4) is 0 Å². The van der Waals surface area contributed by atoms with Crippen LogP contribution in [-0.2, 0) is 14.4 Å². The van der Waals surface area contributed by atoms with Gasteiger partial charge in [0.15, 0.2) is 0 Å². The zero-order valence-corrected chi connectivity index (χ0v) is 17.3. The van der Waals surface area contributed by atoms with Gasteiger partial charge in [-0.05, 0) is 17.6 Å². The highest BCUT2D eigenvalue weighted by Gasteiger charge is 2.32. The molecule has 28 heavy (non-hydrogen) atoms. The van der Waals surface area contributed by atoms with Gasteiger partial charge < -0.3 is 10.4 Å². The molecule has 1 aromatic carbocycles. The number of benzene rings is 1. The fraction of sp³-hybridized carbons (Fsp3) is 0.300. The summed E-state index contributed by atoms with van der Waals surface area (Å²) in [4.78, 5) is 37.6. The average molecular weight is 419 g/mol. The molecule has 0 radical (unpaired) electrons. The maximum absolute atomic E-state index is 12.5. The fourth-order valence-corrected chi connectivity index (χ4v) is 3.75. The van der Waals surface area contributed by atoms with E-state index in [4.69, 9.17) is 17.3 Å². The molecule has 1 aromatic rings. The van der Waals surface area contributed by atoms with Crippen molar-refractivity contribution in [1.29, 1.82) is 0 Å². The summed E-state index contributed by atoms with van der Waals surface area (Å²) < 4.78 is 0.385. The molecular weight excluding hydrogens is 396 g/mol. The monoisotopic (exact) mass is 418 g/mol. The van der Waals surface area contributed by atoms with E-state index in [1.807, 2.05) is 36.4 Å². The Balaban J connectivity index is 1.92. The van der Waals surface area contributed by atoms with E-state index >= 15 is 0 Å². The van der Waals surface area contributed by atoms with Crippen LogP contribution in [-0.4, -0.2) is 44.7 Å². The number of nitrogens with one attached hydrogen (secondary N) is 1. The van der Waals surface area contributed by atoms with Gasteiger partial charge in [0, 0.05) is 13.0 Å². The van der Waals surface area contributed by atoms with Gasteiger partial charge in [-0.1, -0.05) is 80.3 Å². The zero-order chi connectivity index (χ0) is 20.7. The van der Waals surface area contributed by atoms with Crippen LogP contribution in [0.15, 0.2) is 47.4 Å². The summed E-state index contributed by atoms with van der Waals surface area (Å²) in [5.41, 5.74) is 1.02. The molecule has 0 spiro atoms. The van der Waals surface area contributed by atoms with Crippen molar-refractivity contribution in [1.82, 2.24) is 10.2 Å². The fourth-order valence-electron chi connectivity index (χ4n) is 2.49. The molecule has 0 saturated carbocycles. The molecule has 148 valence electrons. The number of allylic oxidation sites excluding steroid dienone is 2. The topological polar surface area (TPSA) is 86.7 Å². The molecule has 6 nitrogen and oxygen atoms in total. The minimum absolute atomic E-state index is 0.0178. The van der Waals surface area contributed by atoms with Gasteiger partial charge in [0.2, 0.25) is 5.91 Å². The number of aliphatic carboxylic acids is 1. The minimum atomic E-state index is -1.08. The van der Waals surface area contributed by atoms with Crippen LogP contribution >= 0.6 is 24.0 Å². The number of hydrogen-bond acceptors (Lipinski definition) is 5.